The molecule has 1 saturated carbocycles. The van der Waals surface area contributed by atoms with Crippen LogP contribution in [0, 0.1) is 17.6 Å². The molecule has 1 fully saturated rings. The van der Waals surface area contributed by atoms with Crippen molar-refractivity contribution in [1.82, 2.24) is 0 Å². The number of hydrogen-bond acceptors (Lipinski definition) is 3. The van der Waals surface area contributed by atoms with Crippen LogP contribution in [-0.4, -0.2) is 19.1 Å². The fourth-order valence-electron chi connectivity index (χ4n) is 2.71. The Bertz CT molecular complexity index is 505. The van der Waals surface area contributed by atoms with Crippen molar-refractivity contribution >= 4 is 11.7 Å². The molecule has 3 nitrogen and oxygen atoms in total. The molecule has 0 aromatic heterocycles. The standard InChI is InChI=1S/C15H19F2NO2/c1-9-4-3-5-10(6-9)18-14-7-11(15(19)20-2)12(16)8-13(14)17/h7-10,18H,3-6H2,1-2H3. The van der Waals surface area contributed by atoms with E-state index in [-0.39, 0.29) is 17.3 Å². The summed E-state index contributed by atoms with van der Waals surface area (Å²) in [4.78, 5) is 11.4. The Balaban J connectivity index is 2.20. The number of methoxy groups -OCH3 is 1. The number of benzene rings is 1. The Hall–Kier alpha value is -1.65. The van der Waals surface area contributed by atoms with E-state index in [0.29, 0.717) is 5.92 Å². The van der Waals surface area contributed by atoms with Gasteiger partial charge in [0, 0.05) is 12.1 Å². The molecule has 110 valence electrons. The number of carbonyl (C=O) groups excluding carboxylic acids is 1. The second-order valence-electron chi connectivity index (χ2n) is 5.42. The minimum Gasteiger partial charge on any atom is -0.465 e. The third kappa shape index (κ3) is 3.26. The fraction of sp³-hybridized carbons (Fsp3) is 0.533. The van der Waals surface area contributed by atoms with Crippen molar-refractivity contribution in [2.24, 2.45) is 5.92 Å². The second-order valence-corrected chi connectivity index (χ2v) is 5.42. The topological polar surface area (TPSA) is 38.3 Å². The zero-order valence-electron chi connectivity index (χ0n) is 11.7. The predicted molar refractivity (Wildman–Crippen MR) is 72.7 cm³/mol. The Morgan fingerprint density at radius 2 is 2.05 bits per heavy atom. The number of esters is 1. The fourth-order valence-corrected chi connectivity index (χ4v) is 2.71. The van der Waals surface area contributed by atoms with Crippen LogP contribution < -0.4 is 5.32 Å². The summed E-state index contributed by atoms with van der Waals surface area (Å²) in [7, 11) is 1.17. The molecule has 1 aliphatic rings. The van der Waals surface area contributed by atoms with Crippen LogP contribution in [0.1, 0.15) is 43.0 Å². The van der Waals surface area contributed by atoms with Gasteiger partial charge in [-0.15, -0.1) is 0 Å². The third-order valence-electron chi connectivity index (χ3n) is 3.76. The van der Waals surface area contributed by atoms with E-state index >= 15 is 0 Å². The lowest BCUT2D eigenvalue weighted by Crippen LogP contribution is -2.26. The maximum atomic E-state index is 13.8. The summed E-state index contributed by atoms with van der Waals surface area (Å²) in [6.07, 6.45) is 4.17. The van der Waals surface area contributed by atoms with Gasteiger partial charge in [-0.2, -0.15) is 0 Å². The average Bonchev–Trinajstić information content (AvgIpc) is 2.41. The highest BCUT2D eigenvalue weighted by molar-refractivity contribution is 5.90. The van der Waals surface area contributed by atoms with E-state index in [1.54, 1.807) is 0 Å². The average molecular weight is 283 g/mol. The number of ether oxygens (including phenoxy) is 1. The molecule has 1 N–H and O–H groups in total. The molecule has 0 radical (unpaired) electrons. The van der Waals surface area contributed by atoms with Crippen molar-refractivity contribution in [3.63, 3.8) is 0 Å². The first-order valence-corrected chi connectivity index (χ1v) is 6.85. The number of anilines is 1. The zero-order valence-corrected chi connectivity index (χ0v) is 11.7. The van der Waals surface area contributed by atoms with E-state index in [4.69, 9.17) is 0 Å². The van der Waals surface area contributed by atoms with Gasteiger partial charge in [0.15, 0.2) is 0 Å². The number of nitrogens with one attached hydrogen (secondary N) is 1. The first kappa shape index (κ1) is 14.8. The van der Waals surface area contributed by atoms with Crippen molar-refractivity contribution in [3.8, 4) is 0 Å². The molecule has 0 saturated heterocycles. The van der Waals surface area contributed by atoms with Crippen LogP contribution in [0.15, 0.2) is 12.1 Å². The van der Waals surface area contributed by atoms with Gasteiger partial charge < -0.3 is 10.1 Å². The van der Waals surface area contributed by atoms with E-state index in [1.165, 1.54) is 19.6 Å². The van der Waals surface area contributed by atoms with Crippen LogP contribution in [0.3, 0.4) is 0 Å². The van der Waals surface area contributed by atoms with Gasteiger partial charge in [-0.3, -0.25) is 0 Å². The quantitative estimate of drug-likeness (QED) is 0.859. The lowest BCUT2D eigenvalue weighted by molar-refractivity contribution is 0.0595. The van der Waals surface area contributed by atoms with Crippen molar-refractivity contribution in [1.29, 1.82) is 0 Å². The van der Waals surface area contributed by atoms with Crippen LogP contribution in [0.4, 0.5) is 14.5 Å². The van der Waals surface area contributed by atoms with Crippen LogP contribution >= 0.6 is 0 Å². The normalized spacial score (nSPS) is 22.4. The van der Waals surface area contributed by atoms with Crippen LogP contribution in [0.5, 0.6) is 0 Å². The highest BCUT2D eigenvalue weighted by atomic mass is 19.1. The molecule has 5 heteroatoms. The molecule has 0 bridgehead atoms. The molecule has 2 atom stereocenters. The molecule has 1 aliphatic carbocycles. The van der Waals surface area contributed by atoms with E-state index < -0.39 is 17.6 Å². The van der Waals surface area contributed by atoms with Crippen molar-refractivity contribution in [2.75, 3.05) is 12.4 Å². The Labute approximate surface area is 117 Å². The summed E-state index contributed by atoms with van der Waals surface area (Å²) in [5, 5.41) is 3.08. The highest BCUT2D eigenvalue weighted by Gasteiger charge is 2.22. The third-order valence-corrected chi connectivity index (χ3v) is 3.76. The van der Waals surface area contributed by atoms with Gasteiger partial charge in [-0.1, -0.05) is 19.8 Å². The van der Waals surface area contributed by atoms with E-state index in [2.05, 4.69) is 17.0 Å². The summed E-state index contributed by atoms with van der Waals surface area (Å²) in [5.74, 6) is -1.81. The van der Waals surface area contributed by atoms with E-state index in [9.17, 15) is 13.6 Å². The number of halogens is 2. The van der Waals surface area contributed by atoms with Crippen molar-refractivity contribution in [2.45, 2.75) is 38.6 Å². The molecule has 0 aliphatic heterocycles. The zero-order chi connectivity index (χ0) is 14.7. The lowest BCUT2D eigenvalue weighted by atomic mass is 9.87. The molecule has 2 rings (SSSR count). The number of rotatable bonds is 3. The summed E-state index contributed by atoms with van der Waals surface area (Å²) in [5.41, 5.74) is -0.0915. The van der Waals surface area contributed by atoms with Crippen LogP contribution in [0.2, 0.25) is 0 Å². The van der Waals surface area contributed by atoms with Gasteiger partial charge in [-0.05, 0) is 24.8 Å². The summed E-state index contributed by atoms with van der Waals surface area (Å²) in [6, 6.07) is 2.07. The van der Waals surface area contributed by atoms with Gasteiger partial charge >= 0.3 is 5.97 Å². The van der Waals surface area contributed by atoms with Crippen molar-refractivity contribution in [3.05, 3.63) is 29.3 Å². The summed E-state index contributed by atoms with van der Waals surface area (Å²) in [6.45, 7) is 2.16. The first-order chi connectivity index (χ1) is 9.51. The maximum Gasteiger partial charge on any atom is 0.340 e. The van der Waals surface area contributed by atoms with Gasteiger partial charge in [-0.25, -0.2) is 13.6 Å². The number of hydrogen-bond donors (Lipinski definition) is 1. The van der Waals surface area contributed by atoms with Gasteiger partial charge in [0.25, 0.3) is 0 Å². The van der Waals surface area contributed by atoms with E-state index in [1.807, 2.05) is 0 Å². The van der Waals surface area contributed by atoms with Gasteiger partial charge in [0.1, 0.15) is 11.6 Å². The Morgan fingerprint density at radius 3 is 2.70 bits per heavy atom. The van der Waals surface area contributed by atoms with Crippen molar-refractivity contribution < 1.29 is 18.3 Å². The largest absolute Gasteiger partial charge is 0.465 e. The van der Waals surface area contributed by atoms with Gasteiger partial charge in [0.05, 0.1) is 18.4 Å². The molecule has 1 aromatic rings. The second kappa shape index (κ2) is 6.20. The Kier molecular flexibility index (Phi) is 4.57. The smallest absolute Gasteiger partial charge is 0.340 e. The van der Waals surface area contributed by atoms with Crippen LogP contribution in [-0.2, 0) is 4.74 Å². The predicted octanol–water partition coefficient (Wildman–Crippen LogP) is 3.74. The molecule has 0 amide bonds. The lowest BCUT2D eigenvalue weighted by Gasteiger charge is -2.28. The van der Waals surface area contributed by atoms with Crippen LogP contribution in [0.25, 0.3) is 0 Å². The molecule has 2 unspecified atom stereocenters. The minimum absolute atomic E-state index is 0.157. The minimum atomic E-state index is -0.906. The van der Waals surface area contributed by atoms with Gasteiger partial charge in [0.2, 0.25) is 0 Å². The molecular formula is C15H19F2NO2. The van der Waals surface area contributed by atoms with E-state index in [0.717, 1.165) is 25.3 Å². The molecule has 0 heterocycles. The number of carbonyl (C=O) groups is 1. The molecular weight excluding hydrogens is 264 g/mol. The molecule has 20 heavy (non-hydrogen) atoms. The first-order valence-electron chi connectivity index (χ1n) is 6.85. The SMILES string of the molecule is COC(=O)c1cc(NC2CCCC(C)C2)c(F)cc1F. The molecule has 0 spiro atoms. The summed E-state index contributed by atoms with van der Waals surface area (Å²) >= 11 is 0. The molecule has 1 aromatic carbocycles. The highest BCUT2D eigenvalue weighted by Crippen LogP contribution is 2.28. The Morgan fingerprint density at radius 1 is 1.30 bits per heavy atom. The monoisotopic (exact) mass is 283 g/mol. The summed E-state index contributed by atoms with van der Waals surface area (Å²) < 4.78 is 31.8. The maximum absolute atomic E-state index is 13.8.